The number of rotatable bonds is 7. The molecule has 0 saturated heterocycles. The van der Waals surface area contributed by atoms with Crippen LogP contribution in [0, 0.1) is 0 Å². The van der Waals surface area contributed by atoms with Crippen LogP contribution in [0.1, 0.15) is 26.7 Å². The molecular formula is C9H20O3. The van der Waals surface area contributed by atoms with E-state index < -0.39 is 5.60 Å². The first-order valence-corrected chi connectivity index (χ1v) is 4.41. The number of aliphatic hydroxyl groups is 1. The lowest BCUT2D eigenvalue weighted by Gasteiger charge is -2.22. The van der Waals surface area contributed by atoms with Crippen molar-refractivity contribution in [1.29, 1.82) is 0 Å². The average molecular weight is 176 g/mol. The van der Waals surface area contributed by atoms with Crippen molar-refractivity contribution >= 4 is 0 Å². The molecule has 0 fully saturated rings. The summed E-state index contributed by atoms with van der Waals surface area (Å²) in [6, 6.07) is 0. The summed E-state index contributed by atoms with van der Waals surface area (Å²) in [7, 11) is 1.64. The van der Waals surface area contributed by atoms with Crippen LogP contribution in [0.25, 0.3) is 0 Å². The second kappa shape index (κ2) is 6.40. The molecule has 0 aromatic rings. The molecule has 0 radical (unpaired) electrons. The molecule has 1 atom stereocenters. The Morgan fingerprint density at radius 3 is 2.33 bits per heavy atom. The van der Waals surface area contributed by atoms with Gasteiger partial charge in [-0.25, -0.2) is 0 Å². The Morgan fingerprint density at radius 2 is 1.83 bits per heavy atom. The van der Waals surface area contributed by atoms with Gasteiger partial charge in [0.2, 0.25) is 0 Å². The van der Waals surface area contributed by atoms with Crippen molar-refractivity contribution in [2.24, 2.45) is 0 Å². The minimum absolute atomic E-state index is 0.596. The SMILES string of the molecule is CCOCCC(C)(O)CCOC. The van der Waals surface area contributed by atoms with Crippen LogP contribution >= 0.6 is 0 Å². The molecule has 74 valence electrons. The molecule has 0 bridgehead atoms. The van der Waals surface area contributed by atoms with Gasteiger partial charge in [-0.3, -0.25) is 0 Å². The van der Waals surface area contributed by atoms with E-state index in [0.717, 1.165) is 0 Å². The van der Waals surface area contributed by atoms with Gasteiger partial charge in [0.1, 0.15) is 0 Å². The van der Waals surface area contributed by atoms with Gasteiger partial charge in [0.25, 0.3) is 0 Å². The number of hydrogen-bond acceptors (Lipinski definition) is 3. The Balaban J connectivity index is 3.42. The van der Waals surface area contributed by atoms with Gasteiger partial charge in [-0.15, -0.1) is 0 Å². The zero-order valence-electron chi connectivity index (χ0n) is 8.30. The van der Waals surface area contributed by atoms with Crippen LogP contribution in [0.3, 0.4) is 0 Å². The van der Waals surface area contributed by atoms with Crippen molar-refractivity contribution in [2.75, 3.05) is 26.9 Å². The maximum absolute atomic E-state index is 9.71. The average Bonchev–Trinajstić information content (AvgIpc) is 2.01. The molecule has 0 saturated carbocycles. The van der Waals surface area contributed by atoms with Crippen molar-refractivity contribution < 1.29 is 14.6 Å². The molecule has 0 aromatic heterocycles. The fraction of sp³-hybridized carbons (Fsp3) is 1.00. The molecule has 0 heterocycles. The summed E-state index contributed by atoms with van der Waals surface area (Å²) in [6.07, 6.45) is 1.33. The predicted octanol–water partition coefficient (Wildman–Crippen LogP) is 1.20. The third kappa shape index (κ3) is 6.58. The summed E-state index contributed by atoms with van der Waals surface area (Å²) in [5.74, 6) is 0. The Hall–Kier alpha value is -0.120. The highest BCUT2D eigenvalue weighted by molar-refractivity contribution is 4.71. The van der Waals surface area contributed by atoms with Crippen molar-refractivity contribution in [1.82, 2.24) is 0 Å². The van der Waals surface area contributed by atoms with E-state index in [1.165, 1.54) is 0 Å². The summed E-state index contributed by atoms with van der Waals surface area (Å²) >= 11 is 0. The van der Waals surface area contributed by atoms with Crippen LogP contribution in [0.2, 0.25) is 0 Å². The lowest BCUT2D eigenvalue weighted by molar-refractivity contribution is -0.00648. The standard InChI is InChI=1S/C9H20O3/c1-4-12-8-6-9(2,10)5-7-11-3/h10H,4-8H2,1-3H3. The van der Waals surface area contributed by atoms with Crippen molar-refractivity contribution in [3.8, 4) is 0 Å². The molecule has 1 N–H and O–H groups in total. The lowest BCUT2D eigenvalue weighted by atomic mass is 9.99. The van der Waals surface area contributed by atoms with E-state index in [1.807, 2.05) is 13.8 Å². The molecule has 0 aliphatic rings. The molecule has 3 heteroatoms. The summed E-state index contributed by atoms with van der Waals surface area (Å²) in [6.45, 7) is 5.68. The summed E-state index contributed by atoms with van der Waals surface area (Å²) in [4.78, 5) is 0. The van der Waals surface area contributed by atoms with Gasteiger partial charge in [0.05, 0.1) is 5.60 Å². The van der Waals surface area contributed by atoms with Gasteiger partial charge in [-0.1, -0.05) is 0 Å². The van der Waals surface area contributed by atoms with Gasteiger partial charge in [0.15, 0.2) is 0 Å². The highest BCUT2D eigenvalue weighted by Gasteiger charge is 2.18. The Kier molecular flexibility index (Phi) is 6.34. The first-order valence-electron chi connectivity index (χ1n) is 4.41. The van der Waals surface area contributed by atoms with Crippen LogP contribution in [0.15, 0.2) is 0 Å². The second-order valence-corrected chi connectivity index (χ2v) is 3.19. The lowest BCUT2D eigenvalue weighted by Crippen LogP contribution is -2.27. The zero-order valence-corrected chi connectivity index (χ0v) is 8.30. The number of hydrogen-bond donors (Lipinski definition) is 1. The van der Waals surface area contributed by atoms with Crippen molar-refractivity contribution in [3.63, 3.8) is 0 Å². The van der Waals surface area contributed by atoms with Crippen LogP contribution in [-0.2, 0) is 9.47 Å². The second-order valence-electron chi connectivity index (χ2n) is 3.19. The Labute approximate surface area is 74.7 Å². The minimum atomic E-state index is -0.648. The maximum atomic E-state index is 9.71. The molecule has 12 heavy (non-hydrogen) atoms. The highest BCUT2D eigenvalue weighted by Crippen LogP contribution is 2.13. The van der Waals surface area contributed by atoms with E-state index in [-0.39, 0.29) is 0 Å². The van der Waals surface area contributed by atoms with E-state index >= 15 is 0 Å². The van der Waals surface area contributed by atoms with Crippen molar-refractivity contribution in [2.45, 2.75) is 32.3 Å². The molecule has 3 nitrogen and oxygen atoms in total. The van der Waals surface area contributed by atoms with Gasteiger partial charge in [0, 0.05) is 26.9 Å². The Bertz CT molecular complexity index is 102. The normalized spacial score (nSPS) is 16.0. The molecular weight excluding hydrogens is 156 g/mol. The van der Waals surface area contributed by atoms with E-state index in [4.69, 9.17) is 9.47 Å². The fourth-order valence-corrected chi connectivity index (χ4v) is 0.883. The van der Waals surface area contributed by atoms with E-state index in [2.05, 4.69) is 0 Å². The maximum Gasteiger partial charge on any atom is 0.0663 e. The number of methoxy groups -OCH3 is 1. The van der Waals surface area contributed by atoms with E-state index in [0.29, 0.717) is 32.7 Å². The van der Waals surface area contributed by atoms with Crippen molar-refractivity contribution in [3.05, 3.63) is 0 Å². The predicted molar refractivity (Wildman–Crippen MR) is 48.2 cm³/mol. The highest BCUT2D eigenvalue weighted by atomic mass is 16.5. The minimum Gasteiger partial charge on any atom is -0.390 e. The summed E-state index contributed by atoms with van der Waals surface area (Å²) < 4.78 is 10.0. The fourth-order valence-electron chi connectivity index (χ4n) is 0.883. The largest absolute Gasteiger partial charge is 0.390 e. The molecule has 0 aliphatic carbocycles. The van der Waals surface area contributed by atoms with Crippen LogP contribution in [0.4, 0.5) is 0 Å². The van der Waals surface area contributed by atoms with Gasteiger partial charge in [-0.2, -0.15) is 0 Å². The molecule has 0 aromatic carbocycles. The topological polar surface area (TPSA) is 38.7 Å². The van der Waals surface area contributed by atoms with Crippen LogP contribution in [0.5, 0.6) is 0 Å². The third-order valence-electron chi connectivity index (χ3n) is 1.83. The van der Waals surface area contributed by atoms with Gasteiger partial charge >= 0.3 is 0 Å². The third-order valence-corrected chi connectivity index (χ3v) is 1.83. The van der Waals surface area contributed by atoms with Crippen LogP contribution < -0.4 is 0 Å². The van der Waals surface area contributed by atoms with Gasteiger partial charge < -0.3 is 14.6 Å². The van der Waals surface area contributed by atoms with Crippen LogP contribution in [-0.4, -0.2) is 37.6 Å². The molecule has 0 rings (SSSR count). The number of ether oxygens (including phenoxy) is 2. The molecule has 0 aliphatic heterocycles. The monoisotopic (exact) mass is 176 g/mol. The summed E-state index contributed by atoms with van der Waals surface area (Å²) in [5.41, 5.74) is -0.648. The summed E-state index contributed by atoms with van der Waals surface area (Å²) in [5, 5.41) is 9.71. The Morgan fingerprint density at radius 1 is 1.25 bits per heavy atom. The van der Waals surface area contributed by atoms with E-state index in [1.54, 1.807) is 7.11 Å². The quantitative estimate of drug-likeness (QED) is 0.592. The first kappa shape index (κ1) is 11.9. The first-order chi connectivity index (χ1) is 5.62. The smallest absolute Gasteiger partial charge is 0.0663 e. The van der Waals surface area contributed by atoms with Gasteiger partial charge in [-0.05, 0) is 26.7 Å². The molecule has 1 unspecified atom stereocenters. The molecule has 0 spiro atoms. The zero-order chi connectivity index (χ0) is 9.45. The molecule has 0 amide bonds. The van der Waals surface area contributed by atoms with E-state index in [9.17, 15) is 5.11 Å².